The molecule has 1 atom stereocenters. The first-order chi connectivity index (χ1) is 10.2. The minimum Gasteiger partial charge on any atom is -0.397 e. The van der Waals surface area contributed by atoms with Crippen molar-refractivity contribution in [3.63, 3.8) is 0 Å². The summed E-state index contributed by atoms with van der Waals surface area (Å²) >= 11 is 0. The molecule has 9 heteroatoms. The summed E-state index contributed by atoms with van der Waals surface area (Å²) in [4.78, 5) is 5.96. The van der Waals surface area contributed by atoms with Gasteiger partial charge in [0.15, 0.2) is 0 Å². The van der Waals surface area contributed by atoms with Gasteiger partial charge < -0.3 is 5.73 Å². The Kier molecular flexibility index (Phi) is 4.50. The SMILES string of the molecule is C[C@H](NS(=O)(=O)c1cc(N)cnc1-c1cnn(C)c1)N(C)C. The number of nitrogen functional groups attached to an aromatic ring is 1. The van der Waals surface area contributed by atoms with Crippen LogP contribution >= 0.6 is 0 Å². The zero-order chi connectivity index (χ0) is 16.5. The first-order valence-electron chi connectivity index (χ1n) is 6.64. The molecule has 8 nitrogen and oxygen atoms in total. The fourth-order valence-corrected chi connectivity index (χ4v) is 3.32. The number of sulfonamides is 1. The molecule has 2 heterocycles. The zero-order valence-electron chi connectivity index (χ0n) is 13.0. The Morgan fingerprint density at radius 2 is 2.05 bits per heavy atom. The van der Waals surface area contributed by atoms with Gasteiger partial charge in [-0.3, -0.25) is 14.6 Å². The standard InChI is InChI=1S/C13H20N6O2S/c1-9(18(2)3)17-22(20,21)12-5-11(14)7-15-13(12)10-6-16-19(4)8-10/h5-9,17H,14H2,1-4H3/t9-/m1/s1. The molecule has 2 rings (SSSR count). The molecule has 0 aliphatic carbocycles. The van der Waals surface area contributed by atoms with E-state index in [9.17, 15) is 8.42 Å². The van der Waals surface area contributed by atoms with E-state index in [-0.39, 0.29) is 16.7 Å². The fourth-order valence-electron chi connectivity index (χ4n) is 1.82. The van der Waals surface area contributed by atoms with Gasteiger partial charge in [-0.2, -0.15) is 9.82 Å². The van der Waals surface area contributed by atoms with Crippen LogP contribution in [0, 0.1) is 0 Å². The molecule has 0 saturated carbocycles. The number of nitrogens with two attached hydrogens (primary N) is 1. The van der Waals surface area contributed by atoms with Crippen LogP contribution in [0.4, 0.5) is 5.69 Å². The molecule has 0 radical (unpaired) electrons. The predicted molar refractivity (Wildman–Crippen MR) is 84.3 cm³/mol. The van der Waals surface area contributed by atoms with Crippen LogP contribution < -0.4 is 10.5 Å². The Bertz CT molecular complexity index is 769. The maximum Gasteiger partial charge on any atom is 0.244 e. The molecule has 2 aromatic heterocycles. The minimum atomic E-state index is -3.77. The average Bonchev–Trinajstić information content (AvgIpc) is 2.84. The van der Waals surface area contributed by atoms with Crippen molar-refractivity contribution in [1.29, 1.82) is 0 Å². The molecule has 0 fully saturated rings. The van der Waals surface area contributed by atoms with Crippen LogP contribution in [0.25, 0.3) is 11.3 Å². The molecular weight excluding hydrogens is 304 g/mol. The highest BCUT2D eigenvalue weighted by atomic mass is 32.2. The van der Waals surface area contributed by atoms with Crippen LogP contribution in [-0.4, -0.2) is 48.3 Å². The number of rotatable bonds is 5. The summed E-state index contributed by atoms with van der Waals surface area (Å²) in [6.45, 7) is 1.75. The van der Waals surface area contributed by atoms with Crippen molar-refractivity contribution < 1.29 is 8.42 Å². The first kappa shape index (κ1) is 16.4. The lowest BCUT2D eigenvalue weighted by Gasteiger charge is -2.21. The second-order valence-corrected chi connectivity index (χ2v) is 6.96. The summed E-state index contributed by atoms with van der Waals surface area (Å²) in [6, 6.07) is 1.40. The topological polar surface area (TPSA) is 106 Å². The summed E-state index contributed by atoms with van der Waals surface area (Å²) in [5.41, 5.74) is 6.93. The molecule has 0 amide bonds. The van der Waals surface area contributed by atoms with E-state index in [4.69, 9.17) is 5.73 Å². The number of nitrogens with zero attached hydrogens (tertiary/aromatic N) is 4. The van der Waals surface area contributed by atoms with Crippen molar-refractivity contribution in [1.82, 2.24) is 24.4 Å². The molecule has 2 aromatic rings. The average molecular weight is 324 g/mol. The van der Waals surface area contributed by atoms with Gasteiger partial charge in [-0.25, -0.2) is 8.42 Å². The van der Waals surface area contributed by atoms with Crippen molar-refractivity contribution in [2.75, 3.05) is 19.8 Å². The van der Waals surface area contributed by atoms with E-state index in [1.807, 2.05) is 0 Å². The Morgan fingerprint density at radius 1 is 1.36 bits per heavy atom. The number of aromatic nitrogens is 3. The minimum absolute atomic E-state index is 0.0363. The molecule has 0 unspecified atom stereocenters. The first-order valence-corrected chi connectivity index (χ1v) is 8.12. The van der Waals surface area contributed by atoms with E-state index < -0.39 is 10.0 Å². The summed E-state index contributed by atoms with van der Waals surface area (Å²) in [5, 5.41) is 4.05. The number of pyridine rings is 1. The van der Waals surface area contributed by atoms with Crippen molar-refractivity contribution >= 4 is 15.7 Å². The maximum absolute atomic E-state index is 12.6. The third-order valence-electron chi connectivity index (χ3n) is 3.24. The van der Waals surface area contributed by atoms with Gasteiger partial charge in [0, 0.05) is 18.8 Å². The van der Waals surface area contributed by atoms with E-state index >= 15 is 0 Å². The molecular formula is C13H20N6O2S. The lowest BCUT2D eigenvalue weighted by Crippen LogP contribution is -2.42. The van der Waals surface area contributed by atoms with E-state index in [0.717, 1.165) is 0 Å². The number of aryl methyl sites for hydroxylation is 1. The summed E-state index contributed by atoms with van der Waals surface area (Å²) in [6.07, 6.45) is 4.32. The summed E-state index contributed by atoms with van der Waals surface area (Å²) in [5.74, 6) is 0. The predicted octanol–water partition coefficient (Wildman–Crippen LogP) is 0.250. The molecule has 3 N–H and O–H groups in total. The zero-order valence-corrected chi connectivity index (χ0v) is 13.8. The second-order valence-electron chi connectivity index (χ2n) is 5.28. The van der Waals surface area contributed by atoms with Crippen LogP contribution in [0.15, 0.2) is 29.6 Å². The number of nitrogens with one attached hydrogen (secondary N) is 1. The van der Waals surface area contributed by atoms with Gasteiger partial charge in [0.1, 0.15) is 4.90 Å². The van der Waals surface area contributed by atoms with Gasteiger partial charge in [0.25, 0.3) is 0 Å². The quantitative estimate of drug-likeness (QED) is 0.764. The third kappa shape index (κ3) is 3.43. The van der Waals surface area contributed by atoms with Gasteiger partial charge in [0.05, 0.1) is 29.9 Å². The number of hydrogen-bond donors (Lipinski definition) is 2. The van der Waals surface area contributed by atoms with E-state index in [2.05, 4.69) is 14.8 Å². The highest BCUT2D eigenvalue weighted by Crippen LogP contribution is 2.26. The largest absolute Gasteiger partial charge is 0.397 e. The van der Waals surface area contributed by atoms with Crippen molar-refractivity contribution in [3.05, 3.63) is 24.7 Å². The Morgan fingerprint density at radius 3 is 2.59 bits per heavy atom. The third-order valence-corrected chi connectivity index (χ3v) is 4.78. The molecule has 0 saturated heterocycles. The molecule has 0 aliphatic heterocycles. The fraction of sp³-hybridized carbons (Fsp3) is 0.385. The van der Waals surface area contributed by atoms with Gasteiger partial charge in [-0.15, -0.1) is 0 Å². The molecule has 0 spiro atoms. The summed E-state index contributed by atoms with van der Waals surface area (Å²) in [7, 11) is 1.55. The molecule has 0 aromatic carbocycles. The Hall–Kier alpha value is -1.97. The van der Waals surface area contributed by atoms with Crippen LogP contribution in [0.1, 0.15) is 6.92 Å². The highest BCUT2D eigenvalue weighted by molar-refractivity contribution is 7.89. The lowest BCUT2D eigenvalue weighted by atomic mass is 10.2. The lowest BCUT2D eigenvalue weighted by molar-refractivity contribution is 0.298. The molecule has 22 heavy (non-hydrogen) atoms. The van der Waals surface area contributed by atoms with Gasteiger partial charge >= 0.3 is 0 Å². The van der Waals surface area contributed by atoms with Gasteiger partial charge in [0.2, 0.25) is 10.0 Å². The van der Waals surface area contributed by atoms with Crippen molar-refractivity contribution in [2.24, 2.45) is 7.05 Å². The Balaban J connectivity index is 2.52. The van der Waals surface area contributed by atoms with Gasteiger partial charge in [-0.1, -0.05) is 0 Å². The van der Waals surface area contributed by atoms with Crippen LogP contribution in [0.2, 0.25) is 0 Å². The van der Waals surface area contributed by atoms with E-state index in [1.165, 1.54) is 12.3 Å². The van der Waals surface area contributed by atoms with Crippen LogP contribution in [-0.2, 0) is 17.1 Å². The van der Waals surface area contributed by atoms with E-state index in [1.54, 1.807) is 50.0 Å². The van der Waals surface area contributed by atoms with Crippen molar-refractivity contribution in [2.45, 2.75) is 18.0 Å². The monoisotopic (exact) mass is 324 g/mol. The van der Waals surface area contributed by atoms with Crippen LogP contribution in [0.5, 0.6) is 0 Å². The number of hydrogen-bond acceptors (Lipinski definition) is 6. The highest BCUT2D eigenvalue weighted by Gasteiger charge is 2.24. The van der Waals surface area contributed by atoms with Crippen molar-refractivity contribution in [3.8, 4) is 11.3 Å². The summed E-state index contributed by atoms with van der Waals surface area (Å²) < 4.78 is 29.5. The number of anilines is 1. The maximum atomic E-state index is 12.6. The molecule has 0 aliphatic rings. The molecule has 120 valence electrons. The second kappa shape index (κ2) is 6.03. The van der Waals surface area contributed by atoms with Crippen LogP contribution in [0.3, 0.4) is 0 Å². The van der Waals surface area contributed by atoms with Gasteiger partial charge in [-0.05, 0) is 27.1 Å². The van der Waals surface area contributed by atoms with E-state index in [0.29, 0.717) is 11.3 Å². The smallest absolute Gasteiger partial charge is 0.244 e. The normalized spacial score (nSPS) is 13.5. The Labute approximate surface area is 130 Å². The molecule has 0 bridgehead atoms.